The molecule has 2 N–H and O–H groups in total. The Labute approximate surface area is 101 Å². The summed E-state index contributed by atoms with van der Waals surface area (Å²) in [5.74, 6) is 0.680. The molecule has 17 heavy (non-hydrogen) atoms. The van der Waals surface area contributed by atoms with E-state index in [1.165, 1.54) is 0 Å². The summed E-state index contributed by atoms with van der Waals surface area (Å²) >= 11 is 0. The number of aromatic nitrogens is 4. The number of rotatable bonds is 4. The molecule has 0 aliphatic heterocycles. The van der Waals surface area contributed by atoms with Gasteiger partial charge in [-0.2, -0.15) is 5.10 Å². The first-order chi connectivity index (χ1) is 8.19. The highest BCUT2D eigenvalue weighted by Gasteiger charge is 2.11. The van der Waals surface area contributed by atoms with Crippen molar-refractivity contribution in [3.05, 3.63) is 41.7 Å². The Hall–Kier alpha value is -1.75. The predicted octanol–water partition coefficient (Wildman–Crippen LogP) is 1.24. The monoisotopic (exact) mass is 231 g/mol. The van der Waals surface area contributed by atoms with E-state index in [-0.39, 0.29) is 6.04 Å². The van der Waals surface area contributed by atoms with Gasteiger partial charge in [0.05, 0.1) is 12.2 Å². The molecule has 5 heteroatoms. The minimum absolute atomic E-state index is 0.176. The van der Waals surface area contributed by atoms with Crippen LogP contribution in [0, 0.1) is 6.92 Å². The van der Waals surface area contributed by atoms with Crippen LogP contribution < -0.4 is 5.73 Å². The molecule has 0 saturated carbocycles. The second-order valence-electron chi connectivity index (χ2n) is 4.13. The van der Waals surface area contributed by atoms with Crippen molar-refractivity contribution in [2.45, 2.75) is 32.9 Å². The zero-order valence-corrected chi connectivity index (χ0v) is 10.2. The fourth-order valence-electron chi connectivity index (χ4n) is 1.62. The first-order valence-corrected chi connectivity index (χ1v) is 5.74. The van der Waals surface area contributed by atoms with Gasteiger partial charge in [-0.25, -0.2) is 9.97 Å². The Kier molecular flexibility index (Phi) is 3.49. The van der Waals surface area contributed by atoms with E-state index < -0.39 is 0 Å². The third kappa shape index (κ3) is 2.88. The van der Waals surface area contributed by atoms with Crippen molar-refractivity contribution < 1.29 is 0 Å². The lowest BCUT2D eigenvalue weighted by Gasteiger charge is -2.08. The van der Waals surface area contributed by atoms with Crippen molar-refractivity contribution in [1.29, 1.82) is 0 Å². The van der Waals surface area contributed by atoms with E-state index in [9.17, 15) is 0 Å². The third-order valence-electron chi connectivity index (χ3n) is 2.60. The second kappa shape index (κ2) is 5.05. The Bertz CT molecular complexity index is 474. The lowest BCUT2D eigenvalue weighted by Crippen LogP contribution is -2.16. The molecule has 90 valence electrons. The van der Waals surface area contributed by atoms with Crippen molar-refractivity contribution in [3.8, 4) is 0 Å². The first-order valence-electron chi connectivity index (χ1n) is 5.74. The average molecular weight is 231 g/mol. The van der Waals surface area contributed by atoms with Crippen LogP contribution in [0.25, 0.3) is 0 Å². The fraction of sp³-hybridized carbons (Fsp3) is 0.417. The van der Waals surface area contributed by atoms with Gasteiger partial charge in [0.25, 0.3) is 0 Å². The van der Waals surface area contributed by atoms with Crippen molar-refractivity contribution >= 4 is 0 Å². The Morgan fingerprint density at radius 3 is 2.59 bits per heavy atom. The Balaban J connectivity index is 2.05. The van der Waals surface area contributed by atoms with Gasteiger partial charge in [0.15, 0.2) is 0 Å². The number of nitrogens with zero attached hydrogens (tertiary/aromatic N) is 4. The molecule has 0 amide bonds. The topological polar surface area (TPSA) is 69.6 Å². The van der Waals surface area contributed by atoms with Crippen LogP contribution in [0.5, 0.6) is 0 Å². The van der Waals surface area contributed by atoms with E-state index in [1.807, 2.05) is 24.0 Å². The van der Waals surface area contributed by atoms with Gasteiger partial charge >= 0.3 is 0 Å². The normalized spacial score (nSPS) is 12.6. The molecule has 2 heterocycles. The van der Waals surface area contributed by atoms with Gasteiger partial charge in [-0.05, 0) is 31.4 Å². The molecule has 1 unspecified atom stereocenters. The van der Waals surface area contributed by atoms with E-state index >= 15 is 0 Å². The van der Waals surface area contributed by atoms with Crippen molar-refractivity contribution in [3.63, 3.8) is 0 Å². The highest BCUT2D eigenvalue weighted by molar-refractivity contribution is 5.10. The highest BCUT2D eigenvalue weighted by Crippen LogP contribution is 2.11. The zero-order valence-electron chi connectivity index (χ0n) is 10.2. The molecular formula is C12H17N5. The molecule has 0 saturated heterocycles. The molecule has 0 aromatic carbocycles. The van der Waals surface area contributed by atoms with E-state index in [0.717, 1.165) is 17.7 Å². The number of nitrogens with two attached hydrogens (primary N) is 1. The largest absolute Gasteiger partial charge is 0.321 e. The summed E-state index contributed by atoms with van der Waals surface area (Å²) in [6, 6.07) is -0.176. The van der Waals surface area contributed by atoms with E-state index in [2.05, 4.69) is 22.0 Å². The summed E-state index contributed by atoms with van der Waals surface area (Å²) in [6.45, 7) is 4.89. The highest BCUT2D eigenvalue weighted by atomic mass is 15.3. The molecule has 0 bridgehead atoms. The third-order valence-corrected chi connectivity index (χ3v) is 2.60. The zero-order chi connectivity index (χ0) is 12.3. The first kappa shape index (κ1) is 11.7. The van der Waals surface area contributed by atoms with Gasteiger partial charge in [0.2, 0.25) is 0 Å². The maximum atomic E-state index is 6.07. The summed E-state index contributed by atoms with van der Waals surface area (Å²) < 4.78 is 1.89. The van der Waals surface area contributed by atoms with E-state index in [0.29, 0.717) is 12.2 Å². The molecule has 2 rings (SSSR count). The van der Waals surface area contributed by atoms with Crippen molar-refractivity contribution in [2.24, 2.45) is 5.73 Å². The molecule has 0 radical (unpaired) electrons. The molecule has 5 nitrogen and oxygen atoms in total. The van der Waals surface area contributed by atoms with Crippen LogP contribution in [-0.2, 0) is 13.0 Å². The van der Waals surface area contributed by atoms with Crippen LogP contribution in [0.4, 0.5) is 0 Å². The maximum Gasteiger partial charge on any atom is 0.145 e. The molecule has 0 fully saturated rings. The lowest BCUT2D eigenvalue weighted by atomic mass is 10.1. The lowest BCUT2D eigenvalue weighted by molar-refractivity contribution is 0.651. The van der Waals surface area contributed by atoms with Gasteiger partial charge in [-0.1, -0.05) is 0 Å². The molecule has 2 aromatic heterocycles. The quantitative estimate of drug-likeness (QED) is 0.859. The van der Waals surface area contributed by atoms with E-state index in [4.69, 9.17) is 5.73 Å². The maximum absolute atomic E-state index is 6.07. The molecule has 0 spiro atoms. The summed E-state index contributed by atoms with van der Waals surface area (Å²) in [7, 11) is 0. The van der Waals surface area contributed by atoms with Crippen molar-refractivity contribution in [1.82, 2.24) is 19.7 Å². The number of hydrogen-bond donors (Lipinski definition) is 1. The molecule has 0 aliphatic carbocycles. The van der Waals surface area contributed by atoms with Gasteiger partial charge < -0.3 is 5.73 Å². The molecule has 1 atom stereocenters. The minimum atomic E-state index is -0.176. The van der Waals surface area contributed by atoms with Crippen LogP contribution in [-0.4, -0.2) is 19.7 Å². The fourth-order valence-corrected chi connectivity index (χ4v) is 1.62. The second-order valence-corrected chi connectivity index (χ2v) is 4.13. The van der Waals surface area contributed by atoms with E-state index in [1.54, 1.807) is 12.4 Å². The number of aryl methyl sites for hydroxylation is 2. The molecular weight excluding hydrogens is 214 g/mol. The van der Waals surface area contributed by atoms with Gasteiger partial charge in [-0.15, -0.1) is 0 Å². The molecule has 2 aromatic rings. The molecule has 0 aliphatic rings. The SMILES string of the molecule is CCn1cc(CC(N)c2ncc(C)cn2)cn1. The average Bonchev–Trinajstić information content (AvgIpc) is 2.77. The van der Waals surface area contributed by atoms with Crippen LogP contribution in [0.15, 0.2) is 24.8 Å². The summed E-state index contributed by atoms with van der Waals surface area (Å²) in [5.41, 5.74) is 8.22. The van der Waals surface area contributed by atoms with Crippen LogP contribution >= 0.6 is 0 Å². The van der Waals surface area contributed by atoms with Gasteiger partial charge in [-0.3, -0.25) is 4.68 Å². The Morgan fingerprint density at radius 2 is 2.00 bits per heavy atom. The van der Waals surface area contributed by atoms with Crippen molar-refractivity contribution in [2.75, 3.05) is 0 Å². The summed E-state index contributed by atoms with van der Waals surface area (Å²) in [5, 5.41) is 4.22. The standard InChI is InChI=1S/C12H17N5/c1-3-17-8-10(7-16-17)4-11(13)12-14-5-9(2)6-15-12/h5-8,11H,3-4,13H2,1-2H3. The smallest absolute Gasteiger partial charge is 0.145 e. The Morgan fingerprint density at radius 1 is 1.29 bits per heavy atom. The van der Waals surface area contributed by atoms with Crippen LogP contribution in [0.3, 0.4) is 0 Å². The van der Waals surface area contributed by atoms with Crippen LogP contribution in [0.1, 0.15) is 29.9 Å². The van der Waals surface area contributed by atoms with Crippen LogP contribution in [0.2, 0.25) is 0 Å². The van der Waals surface area contributed by atoms with Gasteiger partial charge in [0, 0.05) is 25.1 Å². The minimum Gasteiger partial charge on any atom is -0.321 e. The summed E-state index contributed by atoms with van der Waals surface area (Å²) in [6.07, 6.45) is 8.14. The number of hydrogen-bond acceptors (Lipinski definition) is 4. The summed E-state index contributed by atoms with van der Waals surface area (Å²) in [4.78, 5) is 8.48. The van der Waals surface area contributed by atoms with Gasteiger partial charge in [0.1, 0.15) is 5.82 Å². The predicted molar refractivity (Wildman–Crippen MR) is 65.3 cm³/mol.